The smallest absolute Gasteiger partial charge is 0.425 e. The van der Waals surface area contributed by atoms with E-state index in [1.807, 2.05) is 0 Å². The highest BCUT2D eigenvalue weighted by Crippen LogP contribution is 2.64. The summed E-state index contributed by atoms with van der Waals surface area (Å²) in [5, 5.41) is 1.21. The Morgan fingerprint density at radius 1 is 1.38 bits per heavy atom. The van der Waals surface area contributed by atoms with Gasteiger partial charge >= 0.3 is 6.18 Å². The first-order chi connectivity index (χ1) is 11.1. The molecule has 2 N–H and O–H groups in total. The summed E-state index contributed by atoms with van der Waals surface area (Å²) in [6, 6.07) is 5.35. The molecule has 0 saturated heterocycles. The van der Waals surface area contributed by atoms with Crippen LogP contribution < -0.4 is 10.5 Å². The van der Waals surface area contributed by atoms with Gasteiger partial charge in [0.2, 0.25) is 11.8 Å². The number of hydrogen-bond acceptors (Lipinski definition) is 4. The maximum Gasteiger partial charge on any atom is 0.425 e. The molecule has 1 aliphatic carbocycles. The number of carbonyl (C=O) groups is 1. The van der Waals surface area contributed by atoms with Crippen LogP contribution in [0.4, 0.5) is 13.2 Å². The van der Waals surface area contributed by atoms with Gasteiger partial charge in [-0.05, 0) is 6.07 Å². The fourth-order valence-electron chi connectivity index (χ4n) is 2.31. The van der Waals surface area contributed by atoms with Gasteiger partial charge in [0.1, 0.15) is 20.4 Å². The fraction of sp³-hybridized carbons (Fsp3) is 0.286. The first-order valence-corrected chi connectivity index (χ1v) is 8.19. The number of hydrogen-bond donors (Lipinski definition) is 1. The average molecular weight is 397 g/mol. The second-order valence-corrected chi connectivity index (χ2v) is 7.65. The van der Waals surface area contributed by atoms with Crippen LogP contribution in [-0.4, -0.2) is 15.2 Å². The molecule has 128 valence electrons. The number of ether oxygens (including phenoxy) is 1. The first-order valence-electron chi connectivity index (χ1n) is 6.55. The van der Waals surface area contributed by atoms with Crippen molar-refractivity contribution in [2.24, 2.45) is 5.73 Å². The maximum absolute atomic E-state index is 12.6. The van der Waals surface area contributed by atoms with Crippen LogP contribution in [0.3, 0.4) is 0 Å². The van der Waals surface area contributed by atoms with Crippen molar-refractivity contribution in [1.82, 2.24) is 4.98 Å². The molecule has 0 spiro atoms. The van der Waals surface area contributed by atoms with E-state index in [4.69, 9.17) is 33.7 Å². The SMILES string of the molecule is NC(=O)C1(c2cccc(Oc3csc(C(F)(F)F)c3)n2)CC1(Cl)Cl. The second kappa shape index (κ2) is 5.50. The monoisotopic (exact) mass is 396 g/mol. The minimum Gasteiger partial charge on any atom is -0.438 e. The fourth-order valence-corrected chi connectivity index (χ4v) is 3.77. The molecule has 0 aromatic carbocycles. The normalized spacial score (nSPS) is 22.2. The van der Waals surface area contributed by atoms with Crippen LogP contribution in [0.1, 0.15) is 17.0 Å². The zero-order valence-electron chi connectivity index (χ0n) is 11.7. The average Bonchev–Trinajstić information content (AvgIpc) is 2.81. The third-order valence-electron chi connectivity index (χ3n) is 3.65. The number of primary amides is 1. The molecule has 1 fully saturated rings. The van der Waals surface area contributed by atoms with E-state index in [0.29, 0.717) is 11.3 Å². The van der Waals surface area contributed by atoms with Crippen LogP contribution in [0.15, 0.2) is 29.6 Å². The number of alkyl halides is 5. The molecule has 24 heavy (non-hydrogen) atoms. The lowest BCUT2D eigenvalue weighted by Crippen LogP contribution is -2.34. The van der Waals surface area contributed by atoms with Gasteiger partial charge in [0.05, 0.1) is 5.69 Å². The maximum atomic E-state index is 12.6. The highest BCUT2D eigenvalue weighted by Gasteiger charge is 2.72. The van der Waals surface area contributed by atoms with Crippen molar-refractivity contribution >= 4 is 40.4 Å². The van der Waals surface area contributed by atoms with Crippen LogP contribution in [0, 0.1) is 0 Å². The molecular weight excluding hydrogens is 388 g/mol. The topological polar surface area (TPSA) is 65.2 Å². The number of aromatic nitrogens is 1. The molecule has 2 heterocycles. The molecule has 1 saturated carbocycles. The highest BCUT2D eigenvalue weighted by atomic mass is 35.5. The third-order valence-corrected chi connectivity index (χ3v) is 5.51. The van der Waals surface area contributed by atoms with E-state index < -0.39 is 26.7 Å². The second-order valence-electron chi connectivity index (χ2n) is 5.26. The summed E-state index contributed by atoms with van der Waals surface area (Å²) in [6.07, 6.45) is -4.34. The van der Waals surface area contributed by atoms with Gasteiger partial charge in [-0.1, -0.05) is 29.3 Å². The van der Waals surface area contributed by atoms with Gasteiger partial charge in [0, 0.05) is 23.9 Å². The number of rotatable bonds is 4. The lowest BCUT2D eigenvalue weighted by molar-refractivity contribution is -0.134. The van der Waals surface area contributed by atoms with Crippen LogP contribution in [0.25, 0.3) is 0 Å². The van der Waals surface area contributed by atoms with Gasteiger partial charge in [-0.15, -0.1) is 11.3 Å². The van der Waals surface area contributed by atoms with Crippen LogP contribution in [-0.2, 0) is 16.4 Å². The summed E-state index contributed by atoms with van der Waals surface area (Å²) >= 11 is 12.5. The molecule has 1 aliphatic rings. The Kier molecular flexibility index (Phi) is 3.97. The lowest BCUT2D eigenvalue weighted by atomic mass is 10.0. The van der Waals surface area contributed by atoms with E-state index in [9.17, 15) is 18.0 Å². The van der Waals surface area contributed by atoms with Crippen LogP contribution in [0.5, 0.6) is 11.6 Å². The Bertz CT molecular complexity index is 809. The Morgan fingerprint density at radius 2 is 2.04 bits per heavy atom. The molecule has 0 aliphatic heterocycles. The molecule has 0 bridgehead atoms. The molecule has 1 unspecified atom stereocenters. The Hall–Kier alpha value is -1.51. The Balaban J connectivity index is 1.87. The van der Waals surface area contributed by atoms with Gasteiger partial charge < -0.3 is 10.5 Å². The molecule has 10 heteroatoms. The van der Waals surface area contributed by atoms with Gasteiger partial charge in [-0.25, -0.2) is 4.98 Å². The lowest BCUT2D eigenvalue weighted by Gasteiger charge is -2.14. The molecular formula is C14H9Cl2F3N2O2S. The Morgan fingerprint density at radius 3 is 2.54 bits per heavy atom. The summed E-state index contributed by atoms with van der Waals surface area (Å²) in [6.45, 7) is 0. The zero-order chi connectivity index (χ0) is 17.8. The largest absolute Gasteiger partial charge is 0.438 e. The van der Waals surface area contributed by atoms with E-state index in [0.717, 1.165) is 6.07 Å². The van der Waals surface area contributed by atoms with Crippen molar-refractivity contribution in [1.29, 1.82) is 0 Å². The summed E-state index contributed by atoms with van der Waals surface area (Å²) in [5.41, 5.74) is 4.26. The van der Waals surface area contributed by atoms with Crippen LogP contribution >= 0.6 is 34.5 Å². The molecule has 3 rings (SSSR count). The Labute approximate surface area is 148 Å². The van der Waals surface area contributed by atoms with Gasteiger partial charge in [0.25, 0.3) is 0 Å². The number of amides is 1. The summed E-state index contributed by atoms with van der Waals surface area (Å²) in [5.74, 6) is -0.730. The molecule has 0 radical (unpaired) electrons. The summed E-state index contributed by atoms with van der Waals surface area (Å²) in [4.78, 5) is 15.1. The molecule has 1 atom stereocenters. The number of thiophene rings is 1. The van der Waals surface area contributed by atoms with Crippen molar-refractivity contribution < 1.29 is 22.7 Å². The quantitative estimate of drug-likeness (QED) is 0.785. The van der Waals surface area contributed by atoms with Gasteiger partial charge in [-0.3, -0.25) is 4.79 Å². The highest BCUT2D eigenvalue weighted by molar-refractivity contribution is 7.10. The van der Waals surface area contributed by atoms with Crippen molar-refractivity contribution in [3.8, 4) is 11.6 Å². The first kappa shape index (κ1) is 17.3. The minimum absolute atomic E-state index is 0.00989. The number of pyridine rings is 1. The van der Waals surface area contributed by atoms with E-state index in [2.05, 4.69) is 4.98 Å². The van der Waals surface area contributed by atoms with Crippen molar-refractivity contribution in [3.63, 3.8) is 0 Å². The standard InChI is InChI=1S/C14H9Cl2F3N2O2S/c15-13(16)6-12(13,11(20)22)8-2-1-3-10(21-8)23-7-4-9(24-5-7)14(17,18)19/h1-5H,6H2,(H2,20,22). The summed E-state index contributed by atoms with van der Waals surface area (Å²) in [7, 11) is 0. The zero-order valence-corrected chi connectivity index (χ0v) is 14.1. The van der Waals surface area contributed by atoms with E-state index >= 15 is 0 Å². The number of nitrogens with zero attached hydrogens (tertiary/aromatic N) is 1. The van der Waals surface area contributed by atoms with Crippen LogP contribution in [0.2, 0.25) is 0 Å². The molecule has 1 amide bonds. The number of halogens is 5. The third kappa shape index (κ3) is 2.82. The predicted octanol–water partition coefficient (Wildman–Crippen LogP) is 4.25. The van der Waals surface area contributed by atoms with Gasteiger partial charge in [-0.2, -0.15) is 13.2 Å². The van der Waals surface area contributed by atoms with Gasteiger partial charge in [0.15, 0.2) is 0 Å². The van der Waals surface area contributed by atoms with Crippen molar-refractivity contribution in [2.45, 2.75) is 22.3 Å². The van der Waals surface area contributed by atoms with E-state index in [-0.39, 0.29) is 23.7 Å². The number of nitrogens with two attached hydrogens (primary N) is 1. The molecule has 4 nitrogen and oxygen atoms in total. The van der Waals surface area contributed by atoms with E-state index in [1.54, 1.807) is 0 Å². The molecule has 2 aromatic rings. The summed E-state index contributed by atoms with van der Waals surface area (Å²) < 4.78 is 41.8. The predicted molar refractivity (Wildman–Crippen MR) is 83.6 cm³/mol. The van der Waals surface area contributed by atoms with Crippen molar-refractivity contribution in [3.05, 3.63) is 40.2 Å². The molecule has 2 aromatic heterocycles. The number of carbonyl (C=O) groups excluding carboxylic acids is 1. The van der Waals surface area contributed by atoms with Crippen molar-refractivity contribution in [2.75, 3.05) is 0 Å². The minimum atomic E-state index is -4.44. The van der Waals surface area contributed by atoms with E-state index in [1.165, 1.54) is 23.6 Å².